The molecule has 0 spiro atoms. The van der Waals surface area contributed by atoms with Gasteiger partial charge in [-0.1, -0.05) is 40.5 Å². The van der Waals surface area contributed by atoms with Crippen LogP contribution in [0.5, 0.6) is 0 Å². The van der Waals surface area contributed by atoms with Gasteiger partial charge in [0.05, 0.1) is 0 Å². The Morgan fingerprint density at radius 3 is 2.75 bits per heavy atom. The van der Waals surface area contributed by atoms with Gasteiger partial charge in [-0.25, -0.2) is 0 Å². The molecule has 0 N–H and O–H groups in total. The molecule has 114 valence electrons. The summed E-state index contributed by atoms with van der Waals surface area (Å²) in [6.07, 6.45) is 8.27. The molecule has 0 amide bonds. The van der Waals surface area contributed by atoms with E-state index in [-0.39, 0.29) is 5.41 Å². The van der Waals surface area contributed by atoms with Gasteiger partial charge in [0.25, 0.3) is 0 Å². The minimum Gasteiger partial charge on any atom is -0.294 e. The van der Waals surface area contributed by atoms with Gasteiger partial charge >= 0.3 is 0 Å². The molecule has 1 nitrogen and oxygen atoms in total. The summed E-state index contributed by atoms with van der Waals surface area (Å²) < 4.78 is 0. The summed E-state index contributed by atoms with van der Waals surface area (Å²) in [4.78, 5) is 13.0. The lowest BCUT2D eigenvalue weighted by Gasteiger charge is -2.52. The number of ketones is 1. The Hall–Kier alpha value is -0.240. The SMILES string of the molecule is CCCCS/C=C1\CC[C@@H]2C(C)(C)CCC[C@@]2(C)C1=O. The average molecular weight is 295 g/mol. The number of hydrogen-bond donors (Lipinski definition) is 0. The van der Waals surface area contributed by atoms with Crippen LogP contribution in [0.3, 0.4) is 0 Å². The van der Waals surface area contributed by atoms with Crippen molar-refractivity contribution < 1.29 is 4.79 Å². The summed E-state index contributed by atoms with van der Waals surface area (Å²) in [7, 11) is 0. The first kappa shape index (κ1) is 16.1. The molecule has 2 fully saturated rings. The van der Waals surface area contributed by atoms with Crippen LogP contribution in [0, 0.1) is 16.7 Å². The van der Waals surface area contributed by atoms with Crippen LogP contribution in [0.1, 0.15) is 72.6 Å². The molecule has 0 radical (unpaired) electrons. The zero-order valence-electron chi connectivity index (χ0n) is 13.6. The Bertz CT molecular complexity index is 396. The fraction of sp³-hybridized carbons (Fsp3) is 0.833. The summed E-state index contributed by atoms with van der Waals surface area (Å²) in [5.74, 6) is 2.19. The highest BCUT2D eigenvalue weighted by Gasteiger charge is 2.53. The highest BCUT2D eigenvalue weighted by atomic mass is 32.2. The van der Waals surface area contributed by atoms with Crippen molar-refractivity contribution >= 4 is 17.5 Å². The Labute approximate surface area is 129 Å². The fourth-order valence-electron chi connectivity index (χ4n) is 4.38. The predicted molar refractivity (Wildman–Crippen MR) is 88.9 cm³/mol. The topological polar surface area (TPSA) is 17.1 Å². The minimum atomic E-state index is -0.0862. The third kappa shape index (κ3) is 3.00. The Morgan fingerprint density at radius 1 is 1.30 bits per heavy atom. The van der Waals surface area contributed by atoms with E-state index in [0.717, 1.165) is 24.2 Å². The van der Waals surface area contributed by atoms with Crippen LogP contribution >= 0.6 is 11.8 Å². The van der Waals surface area contributed by atoms with Crippen molar-refractivity contribution in [3.63, 3.8) is 0 Å². The third-order valence-electron chi connectivity index (χ3n) is 5.58. The first-order valence-electron chi connectivity index (χ1n) is 8.27. The number of thioether (sulfide) groups is 1. The van der Waals surface area contributed by atoms with E-state index in [1.54, 1.807) is 0 Å². The standard InChI is InChI=1S/C18H30OS/c1-5-6-12-20-13-14-8-9-15-17(2,3)10-7-11-18(15,4)16(14)19/h13,15H,5-12H2,1-4H3/b14-13+/t15-,18-/m1/s1. The third-order valence-corrected chi connectivity index (χ3v) is 6.56. The van der Waals surface area contributed by atoms with E-state index in [9.17, 15) is 4.79 Å². The molecular formula is C18H30OS. The van der Waals surface area contributed by atoms with Crippen molar-refractivity contribution in [2.24, 2.45) is 16.7 Å². The van der Waals surface area contributed by atoms with Crippen molar-refractivity contribution in [1.82, 2.24) is 0 Å². The number of Topliss-reactive ketones (excluding diaryl/α,β-unsaturated/α-hetero) is 1. The summed E-state index contributed by atoms with van der Waals surface area (Å²) >= 11 is 1.84. The monoisotopic (exact) mass is 294 g/mol. The van der Waals surface area contributed by atoms with Gasteiger partial charge in [0.15, 0.2) is 5.78 Å². The largest absolute Gasteiger partial charge is 0.294 e. The molecule has 2 heteroatoms. The summed E-state index contributed by atoms with van der Waals surface area (Å²) in [5.41, 5.74) is 1.36. The van der Waals surface area contributed by atoms with Crippen LogP contribution in [0.2, 0.25) is 0 Å². The molecule has 2 saturated carbocycles. The van der Waals surface area contributed by atoms with Crippen LogP contribution in [-0.2, 0) is 4.79 Å². The molecular weight excluding hydrogens is 264 g/mol. The molecule has 0 unspecified atom stereocenters. The molecule has 20 heavy (non-hydrogen) atoms. The van der Waals surface area contributed by atoms with Crippen molar-refractivity contribution in [3.05, 3.63) is 11.0 Å². The molecule has 0 aromatic heterocycles. The first-order chi connectivity index (χ1) is 9.42. The number of fused-ring (bicyclic) bond motifs is 1. The zero-order valence-corrected chi connectivity index (χ0v) is 14.4. The van der Waals surface area contributed by atoms with Gasteiger partial charge < -0.3 is 0 Å². The second-order valence-corrected chi connectivity index (χ2v) is 8.52. The fourth-order valence-corrected chi connectivity index (χ4v) is 5.38. The maximum Gasteiger partial charge on any atom is 0.165 e. The number of hydrogen-bond acceptors (Lipinski definition) is 2. The highest BCUT2D eigenvalue weighted by Crippen LogP contribution is 2.57. The van der Waals surface area contributed by atoms with E-state index in [2.05, 4.69) is 33.1 Å². The van der Waals surface area contributed by atoms with Gasteiger partial charge in [0.1, 0.15) is 0 Å². The molecule has 2 rings (SSSR count). The molecule has 0 aromatic carbocycles. The summed E-state index contributed by atoms with van der Waals surface area (Å²) in [6, 6.07) is 0. The lowest BCUT2D eigenvalue weighted by Crippen LogP contribution is -2.49. The van der Waals surface area contributed by atoms with Crippen LogP contribution in [0.25, 0.3) is 0 Å². The Kier molecular flexibility index (Phi) is 5.05. The van der Waals surface area contributed by atoms with Crippen molar-refractivity contribution in [1.29, 1.82) is 0 Å². The predicted octanol–water partition coefficient (Wildman–Crippen LogP) is 5.60. The van der Waals surface area contributed by atoms with Crippen molar-refractivity contribution in [2.45, 2.75) is 72.6 Å². The van der Waals surface area contributed by atoms with E-state index in [1.165, 1.54) is 32.1 Å². The molecule has 0 bridgehead atoms. The maximum absolute atomic E-state index is 13.0. The van der Waals surface area contributed by atoms with Gasteiger partial charge in [-0.2, -0.15) is 0 Å². The molecule has 2 aliphatic rings. The smallest absolute Gasteiger partial charge is 0.165 e. The number of rotatable bonds is 4. The lowest BCUT2D eigenvalue weighted by molar-refractivity contribution is -0.137. The van der Waals surface area contributed by atoms with E-state index in [4.69, 9.17) is 0 Å². The van der Waals surface area contributed by atoms with E-state index >= 15 is 0 Å². The summed E-state index contributed by atoms with van der Waals surface area (Å²) in [6.45, 7) is 9.19. The molecule has 2 atom stereocenters. The quantitative estimate of drug-likeness (QED) is 0.496. The number of carbonyl (C=O) groups is 1. The molecule has 2 aliphatic carbocycles. The molecule has 0 aromatic rings. The average Bonchev–Trinajstić information content (AvgIpc) is 2.38. The number of unbranched alkanes of at least 4 members (excludes halogenated alkanes) is 1. The molecule has 0 aliphatic heterocycles. The lowest BCUT2D eigenvalue weighted by atomic mass is 9.51. The zero-order chi connectivity index (χ0) is 14.8. The Balaban J connectivity index is 2.11. The van der Waals surface area contributed by atoms with Crippen molar-refractivity contribution in [2.75, 3.05) is 5.75 Å². The first-order valence-corrected chi connectivity index (χ1v) is 9.32. The van der Waals surface area contributed by atoms with Gasteiger partial charge in [0.2, 0.25) is 0 Å². The van der Waals surface area contributed by atoms with Gasteiger partial charge in [-0.3, -0.25) is 4.79 Å². The second kappa shape index (κ2) is 6.25. The normalized spacial score (nSPS) is 35.1. The maximum atomic E-state index is 13.0. The van der Waals surface area contributed by atoms with Gasteiger partial charge in [-0.05, 0) is 54.6 Å². The second-order valence-electron chi connectivity index (χ2n) is 7.55. The van der Waals surface area contributed by atoms with E-state index < -0.39 is 0 Å². The van der Waals surface area contributed by atoms with Gasteiger partial charge in [0, 0.05) is 11.0 Å². The highest BCUT2D eigenvalue weighted by molar-refractivity contribution is 8.02. The van der Waals surface area contributed by atoms with E-state index in [1.807, 2.05) is 11.8 Å². The Morgan fingerprint density at radius 2 is 2.05 bits per heavy atom. The number of carbonyl (C=O) groups excluding carboxylic acids is 1. The van der Waals surface area contributed by atoms with Crippen LogP contribution in [0.4, 0.5) is 0 Å². The van der Waals surface area contributed by atoms with Gasteiger partial charge in [-0.15, -0.1) is 11.8 Å². The number of allylic oxidation sites excluding steroid dienone is 1. The van der Waals surface area contributed by atoms with Crippen LogP contribution in [-0.4, -0.2) is 11.5 Å². The summed E-state index contributed by atoms with van der Waals surface area (Å²) in [5, 5.41) is 2.18. The van der Waals surface area contributed by atoms with Crippen molar-refractivity contribution in [3.8, 4) is 0 Å². The van der Waals surface area contributed by atoms with Crippen LogP contribution in [0.15, 0.2) is 11.0 Å². The molecule has 0 saturated heterocycles. The van der Waals surface area contributed by atoms with Crippen LogP contribution < -0.4 is 0 Å². The van der Waals surface area contributed by atoms with E-state index in [0.29, 0.717) is 17.1 Å². The minimum absolute atomic E-state index is 0.0862. The molecule has 0 heterocycles.